The maximum atomic E-state index is 11.8. The molecule has 0 amide bonds. The van der Waals surface area contributed by atoms with E-state index >= 15 is 0 Å². The summed E-state index contributed by atoms with van der Waals surface area (Å²) in [6, 6.07) is 9.35. The second-order valence-electron chi connectivity index (χ2n) is 7.62. The third-order valence-electron chi connectivity index (χ3n) is 5.93. The Morgan fingerprint density at radius 1 is 1.03 bits per heavy atom. The Bertz CT molecular complexity index is 858. The van der Waals surface area contributed by atoms with E-state index in [1.54, 1.807) is 27.4 Å². The zero-order valence-electron chi connectivity index (χ0n) is 17.6. The monoisotopic (exact) mass is 475 g/mol. The second-order valence-corrected chi connectivity index (χ2v) is 8.44. The Hall–Kier alpha value is -1.37. The van der Waals surface area contributed by atoms with Crippen LogP contribution in [0.2, 0.25) is 10.0 Å². The molecule has 0 saturated carbocycles. The minimum absolute atomic E-state index is 0. The molecule has 1 fully saturated rings. The zero-order valence-corrected chi connectivity index (χ0v) is 19.9. The van der Waals surface area contributed by atoms with E-state index in [0.29, 0.717) is 40.3 Å². The van der Waals surface area contributed by atoms with Gasteiger partial charge in [-0.1, -0.05) is 29.3 Å². The molecule has 2 aromatic carbocycles. The number of nitrogens with one attached hydrogen (secondary N) is 1. The average Bonchev–Trinajstić information content (AvgIpc) is 3.20. The van der Waals surface area contributed by atoms with Crippen molar-refractivity contribution in [2.24, 2.45) is 0 Å². The lowest BCUT2D eigenvalue weighted by atomic mass is 9.65. The highest BCUT2D eigenvalue weighted by atomic mass is 35.5. The number of benzene rings is 2. The minimum Gasteiger partial charge on any atom is -0.493 e. The summed E-state index contributed by atoms with van der Waals surface area (Å²) in [5.74, 6) is 1.65. The van der Waals surface area contributed by atoms with Crippen molar-refractivity contribution in [1.29, 1.82) is 0 Å². The molecule has 0 bridgehead atoms. The third kappa shape index (κ3) is 4.46. The van der Waals surface area contributed by atoms with Gasteiger partial charge in [-0.15, -0.1) is 12.4 Å². The average molecular weight is 477 g/mol. The summed E-state index contributed by atoms with van der Waals surface area (Å²) >= 11 is 12.4. The van der Waals surface area contributed by atoms with Crippen LogP contribution in [0.5, 0.6) is 17.2 Å². The molecular weight excluding hydrogens is 449 g/mol. The zero-order chi connectivity index (χ0) is 21.2. The highest BCUT2D eigenvalue weighted by Gasteiger charge is 2.50. The van der Waals surface area contributed by atoms with Crippen LogP contribution in [0.4, 0.5) is 0 Å². The number of aliphatic hydroxyl groups is 1. The molecule has 1 aliphatic heterocycles. The Labute approximate surface area is 194 Å². The lowest BCUT2D eigenvalue weighted by Crippen LogP contribution is -2.52. The first-order chi connectivity index (χ1) is 13.8. The summed E-state index contributed by atoms with van der Waals surface area (Å²) in [7, 11) is 4.73. The molecule has 2 atom stereocenters. The van der Waals surface area contributed by atoms with Gasteiger partial charge in [0.2, 0.25) is 5.75 Å². The van der Waals surface area contributed by atoms with E-state index in [4.69, 9.17) is 37.4 Å². The summed E-state index contributed by atoms with van der Waals surface area (Å²) < 4.78 is 16.3. The van der Waals surface area contributed by atoms with Gasteiger partial charge < -0.3 is 24.6 Å². The number of halogens is 3. The highest BCUT2D eigenvalue weighted by Crippen LogP contribution is 2.45. The molecule has 5 nitrogen and oxygen atoms in total. The van der Waals surface area contributed by atoms with Crippen molar-refractivity contribution in [3.8, 4) is 17.2 Å². The number of hydrogen-bond donors (Lipinski definition) is 2. The number of rotatable bonds is 7. The fourth-order valence-electron chi connectivity index (χ4n) is 4.31. The molecular formula is C22H28Cl3NO4. The van der Waals surface area contributed by atoms with Crippen LogP contribution in [0.15, 0.2) is 30.3 Å². The van der Waals surface area contributed by atoms with Crippen molar-refractivity contribution < 1.29 is 19.3 Å². The van der Waals surface area contributed by atoms with Crippen molar-refractivity contribution in [2.75, 3.05) is 34.4 Å². The van der Waals surface area contributed by atoms with Crippen molar-refractivity contribution in [2.45, 2.75) is 30.8 Å². The minimum atomic E-state index is -1.07. The number of ether oxygens (including phenoxy) is 3. The summed E-state index contributed by atoms with van der Waals surface area (Å²) in [5.41, 5.74) is 0.269. The second kappa shape index (κ2) is 9.84. The molecule has 8 heteroatoms. The molecule has 1 heterocycles. The normalized spacial score (nSPS) is 20.2. The maximum Gasteiger partial charge on any atom is 0.203 e. The molecule has 2 unspecified atom stereocenters. The van der Waals surface area contributed by atoms with Gasteiger partial charge in [-0.25, -0.2) is 0 Å². The Balaban J connectivity index is 0.00000320. The van der Waals surface area contributed by atoms with Crippen LogP contribution in [0.1, 0.15) is 24.5 Å². The molecule has 0 aromatic heterocycles. The third-order valence-corrected chi connectivity index (χ3v) is 6.67. The Kier molecular flexibility index (Phi) is 8.16. The fourth-order valence-corrected chi connectivity index (χ4v) is 4.61. The molecule has 166 valence electrons. The van der Waals surface area contributed by atoms with Gasteiger partial charge in [-0.2, -0.15) is 0 Å². The first-order valence-electron chi connectivity index (χ1n) is 9.45. The van der Waals surface area contributed by atoms with E-state index in [1.807, 2.05) is 31.2 Å². The van der Waals surface area contributed by atoms with Gasteiger partial charge in [0.15, 0.2) is 11.5 Å². The molecule has 30 heavy (non-hydrogen) atoms. The highest BCUT2D eigenvalue weighted by molar-refractivity contribution is 6.42. The molecule has 0 radical (unpaired) electrons. The van der Waals surface area contributed by atoms with E-state index in [1.165, 1.54) is 0 Å². The lowest BCUT2D eigenvalue weighted by molar-refractivity contribution is -0.0160. The molecule has 2 aromatic rings. The largest absolute Gasteiger partial charge is 0.493 e. The van der Waals surface area contributed by atoms with Crippen LogP contribution < -0.4 is 19.5 Å². The molecule has 2 N–H and O–H groups in total. The van der Waals surface area contributed by atoms with Gasteiger partial charge in [0.1, 0.15) is 0 Å². The molecule has 1 saturated heterocycles. The van der Waals surface area contributed by atoms with Crippen molar-refractivity contribution in [3.63, 3.8) is 0 Å². The van der Waals surface area contributed by atoms with Gasteiger partial charge in [0.25, 0.3) is 0 Å². The van der Waals surface area contributed by atoms with Crippen LogP contribution in [0.3, 0.4) is 0 Å². The van der Waals surface area contributed by atoms with Crippen LogP contribution in [0, 0.1) is 0 Å². The summed E-state index contributed by atoms with van der Waals surface area (Å²) in [6.07, 6.45) is 1.17. The number of hydrogen-bond acceptors (Lipinski definition) is 5. The van der Waals surface area contributed by atoms with Crippen molar-refractivity contribution in [1.82, 2.24) is 5.32 Å². The molecule has 1 aliphatic rings. The molecule has 3 rings (SSSR count). The van der Waals surface area contributed by atoms with Crippen LogP contribution in [-0.2, 0) is 11.8 Å². The van der Waals surface area contributed by atoms with E-state index in [9.17, 15) is 5.11 Å². The predicted molar refractivity (Wildman–Crippen MR) is 123 cm³/mol. The quantitative estimate of drug-likeness (QED) is 0.608. The van der Waals surface area contributed by atoms with Crippen molar-refractivity contribution >= 4 is 35.6 Å². The van der Waals surface area contributed by atoms with E-state index in [2.05, 4.69) is 5.32 Å². The fraction of sp³-hybridized carbons (Fsp3) is 0.455. The van der Waals surface area contributed by atoms with Gasteiger partial charge in [-0.3, -0.25) is 0 Å². The number of methoxy groups -OCH3 is 3. The SMILES string of the molecule is COc1cc(CC(C)(O)C2(c3ccc(Cl)c(Cl)c3)CCNC2)cc(OC)c1OC.Cl. The summed E-state index contributed by atoms with van der Waals surface area (Å²) in [5, 5.41) is 16.1. The van der Waals surface area contributed by atoms with Crippen LogP contribution >= 0.6 is 35.6 Å². The smallest absolute Gasteiger partial charge is 0.203 e. The van der Waals surface area contributed by atoms with Gasteiger partial charge in [0, 0.05) is 18.4 Å². The van der Waals surface area contributed by atoms with E-state index in [0.717, 1.165) is 24.1 Å². The van der Waals surface area contributed by atoms with E-state index in [-0.39, 0.29) is 12.4 Å². The van der Waals surface area contributed by atoms with Gasteiger partial charge >= 0.3 is 0 Å². The van der Waals surface area contributed by atoms with Crippen LogP contribution in [-0.4, -0.2) is 45.1 Å². The first kappa shape index (κ1) is 24.9. The molecule has 0 aliphatic carbocycles. The lowest BCUT2D eigenvalue weighted by Gasteiger charge is -2.43. The summed E-state index contributed by atoms with van der Waals surface area (Å²) in [6.45, 7) is 3.32. The Morgan fingerprint density at radius 2 is 1.67 bits per heavy atom. The topological polar surface area (TPSA) is 60.0 Å². The first-order valence-corrected chi connectivity index (χ1v) is 10.2. The van der Waals surface area contributed by atoms with Gasteiger partial charge in [0.05, 0.1) is 37.0 Å². The predicted octanol–water partition coefficient (Wildman–Crippen LogP) is 4.67. The van der Waals surface area contributed by atoms with Crippen molar-refractivity contribution in [3.05, 3.63) is 51.5 Å². The standard InChI is InChI=1S/C22H27Cl2NO4.ClH/c1-21(26,12-14-9-18(27-2)20(29-4)19(10-14)28-3)22(7-8-25-13-22)15-5-6-16(23)17(24)11-15;/h5-6,9-11,25-26H,7-8,12-13H2,1-4H3;1H. The summed E-state index contributed by atoms with van der Waals surface area (Å²) in [4.78, 5) is 0. The van der Waals surface area contributed by atoms with Crippen LogP contribution in [0.25, 0.3) is 0 Å². The van der Waals surface area contributed by atoms with Gasteiger partial charge in [-0.05, 0) is 55.3 Å². The molecule has 0 spiro atoms. The van der Waals surface area contributed by atoms with E-state index < -0.39 is 11.0 Å². The Morgan fingerprint density at radius 3 is 2.13 bits per heavy atom. The maximum absolute atomic E-state index is 11.8.